The fourth-order valence-corrected chi connectivity index (χ4v) is 4.37. The van der Waals surface area contributed by atoms with E-state index in [4.69, 9.17) is 9.84 Å². The van der Waals surface area contributed by atoms with Crippen molar-refractivity contribution in [3.8, 4) is 22.9 Å². The molecular weight excluding hydrogens is 400 g/mol. The topological polar surface area (TPSA) is 82.3 Å². The van der Waals surface area contributed by atoms with Crippen LogP contribution < -0.4 is 19.4 Å². The summed E-state index contributed by atoms with van der Waals surface area (Å²) in [6.07, 6.45) is 0.266. The molecule has 1 aliphatic heterocycles. The van der Waals surface area contributed by atoms with E-state index >= 15 is 0 Å². The number of amides is 1. The number of thioether (sulfide) groups is 1. The predicted molar refractivity (Wildman–Crippen MR) is 112 cm³/mol. The Kier molecular flexibility index (Phi) is 5.59. The number of rotatable bonds is 5. The van der Waals surface area contributed by atoms with Gasteiger partial charge in [0.1, 0.15) is 5.75 Å². The Bertz CT molecular complexity index is 1110. The van der Waals surface area contributed by atoms with Crippen LogP contribution in [0, 0.1) is 0 Å². The van der Waals surface area contributed by atoms with Crippen LogP contribution in [0.3, 0.4) is 0 Å². The second kappa shape index (κ2) is 8.31. The number of anilines is 1. The average Bonchev–Trinajstić information content (AvgIpc) is 2.76. The highest BCUT2D eigenvalue weighted by atomic mass is 32.2. The standard InChI is InChI=1S/C22H22N4O3S/c1-4-13-30-22-23-20(28)19-15-9-5-7-11-17(15)25(14(2)27)21(26(19)24-22)16-10-6-8-12-18(16)29-3/h5-12,21H,4,13H2,1-3H3. The van der Waals surface area contributed by atoms with Crippen molar-refractivity contribution in [2.75, 3.05) is 17.8 Å². The number of hydrogen-bond donors (Lipinski definition) is 0. The summed E-state index contributed by atoms with van der Waals surface area (Å²) in [5, 5.41) is 18.2. The van der Waals surface area contributed by atoms with Crippen LogP contribution in [0.5, 0.6) is 11.6 Å². The van der Waals surface area contributed by atoms with Gasteiger partial charge in [-0.15, -0.1) is 0 Å². The molecule has 30 heavy (non-hydrogen) atoms. The fourth-order valence-electron chi connectivity index (χ4n) is 3.69. The molecule has 154 valence electrons. The first kappa shape index (κ1) is 20.2. The predicted octanol–water partition coefficient (Wildman–Crippen LogP) is 2.93. The molecular formula is C22H22N4O3S. The van der Waals surface area contributed by atoms with Crippen LogP contribution in [0.1, 0.15) is 32.0 Å². The number of methoxy groups -OCH3 is 1. The lowest BCUT2D eigenvalue weighted by Gasteiger charge is -2.33. The molecule has 8 heteroatoms. The Morgan fingerprint density at radius 2 is 1.97 bits per heavy atom. The first-order chi connectivity index (χ1) is 14.6. The summed E-state index contributed by atoms with van der Waals surface area (Å²) in [5.74, 6) is 0.885. The molecule has 1 amide bonds. The monoisotopic (exact) mass is 422 g/mol. The van der Waals surface area contributed by atoms with Crippen LogP contribution in [-0.4, -0.2) is 28.9 Å². The molecule has 0 spiro atoms. The van der Waals surface area contributed by atoms with E-state index in [1.165, 1.54) is 18.7 Å². The fraction of sp³-hybridized carbons (Fsp3) is 0.273. The van der Waals surface area contributed by atoms with E-state index in [-0.39, 0.29) is 11.8 Å². The van der Waals surface area contributed by atoms with Gasteiger partial charge in [0.05, 0.1) is 29.8 Å². The quantitative estimate of drug-likeness (QED) is 0.464. The second-order valence-electron chi connectivity index (χ2n) is 6.86. The zero-order chi connectivity index (χ0) is 21.3. The SMILES string of the molecule is CCCSc1nc([O-])c2[n+](n1)C(c1ccccc1OC)N(C(C)=O)c1ccccc1-2. The lowest BCUT2D eigenvalue weighted by Crippen LogP contribution is -2.58. The van der Waals surface area contributed by atoms with E-state index < -0.39 is 6.17 Å². The lowest BCUT2D eigenvalue weighted by atomic mass is 10.0. The van der Waals surface area contributed by atoms with Gasteiger partial charge in [-0.3, -0.25) is 4.79 Å². The van der Waals surface area contributed by atoms with Gasteiger partial charge in [-0.25, -0.2) is 9.88 Å². The van der Waals surface area contributed by atoms with Crippen molar-refractivity contribution in [1.82, 2.24) is 10.1 Å². The number of fused-ring (bicyclic) bond motifs is 3. The van der Waals surface area contributed by atoms with Gasteiger partial charge in [0.15, 0.2) is 0 Å². The zero-order valence-electron chi connectivity index (χ0n) is 17.0. The first-order valence-electron chi connectivity index (χ1n) is 9.72. The Morgan fingerprint density at radius 1 is 1.23 bits per heavy atom. The summed E-state index contributed by atoms with van der Waals surface area (Å²) in [5.41, 5.74) is 2.38. The molecule has 0 fully saturated rings. The number of carbonyl (C=O) groups excluding carboxylic acids is 1. The van der Waals surface area contributed by atoms with Crippen LogP contribution in [0.25, 0.3) is 11.3 Å². The summed E-state index contributed by atoms with van der Waals surface area (Å²) in [6, 6.07) is 14.8. The molecule has 7 nitrogen and oxygen atoms in total. The number of aromatic nitrogens is 3. The zero-order valence-corrected chi connectivity index (χ0v) is 17.8. The maximum Gasteiger partial charge on any atom is 0.296 e. The van der Waals surface area contributed by atoms with Crippen LogP contribution in [0.4, 0.5) is 5.69 Å². The van der Waals surface area contributed by atoms with Gasteiger partial charge in [-0.2, -0.15) is 0 Å². The Hall–Kier alpha value is -3.13. The normalized spacial score (nSPS) is 14.8. The molecule has 2 heterocycles. The van der Waals surface area contributed by atoms with Crippen molar-refractivity contribution >= 4 is 23.4 Å². The van der Waals surface area contributed by atoms with Crippen LogP contribution >= 0.6 is 11.8 Å². The molecule has 0 aliphatic carbocycles. The highest BCUT2D eigenvalue weighted by Crippen LogP contribution is 2.42. The van der Waals surface area contributed by atoms with Crippen molar-refractivity contribution in [3.05, 3.63) is 54.1 Å². The van der Waals surface area contributed by atoms with Crippen molar-refractivity contribution in [2.45, 2.75) is 31.6 Å². The van der Waals surface area contributed by atoms with Crippen LogP contribution in [-0.2, 0) is 4.79 Å². The van der Waals surface area contributed by atoms with E-state index in [2.05, 4.69) is 11.9 Å². The molecule has 1 atom stereocenters. The van der Waals surface area contributed by atoms with E-state index in [1.807, 2.05) is 48.5 Å². The van der Waals surface area contributed by atoms with Crippen molar-refractivity contribution < 1.29 is 19.3 Å². The van der Waals surface area contributed by atoms with E-state index in [0.717, 1.165) is 17.7 Å². The summed E-state index contributed by atoms with van der Waals surface area (Å²) in [6.45, 7) is 3.57. The third-order valence-corrected chi connectivity index (χ3v) is 5.95. The highest BCUT2D eigenvalue weighted by molar-refractivity contribution is 7.99. The number of para-hydroxylation sites is 2. The number of carbonyl (C=O) groups is 1. The van der Waals surface area contributed by atoms with E-state index in [1.54, 1.807) is 16.7 Å². The van der Waals surface area contributed by atoms with Crippen LogP contribution in [0.15, 0.2) is 53.7 Å². The van der Waals surface area contributed by atoms with Gasteiger partial charge in [-0.1, -0.05) is 47.6 Å². The van der Waals surface area contributed by atoms with E-state index in [0.29, 0.717) is 27.9 Å². The molecule has 1 aromatic heterocycles. The largest absolute Gasteiger partial charge is 0.854 e. The lowest BCUT2D eigenvalue weighted by molar-refractivity contribution is -0.764. The molecule has 1 aliphatic rings. The Labute approximate surface area is 179 Å². The average molecular weight is 423 g/mol. The summed E-state index contributed by atoms with van der Waals surface area (Å²) in [4.78, 5) is 18.7. The van der Waals surface area contributed by atoms with Gasteiger partial charge in [0.25, 0.3) is 17.0 Å². The summed E-state index contributed by atoms with van der Waals surface area (Å²) in [7, 11) is 1.58. The number of nitrogens with zero attached hydrogens (tertiary/aromatic N) is 4. The Morgan fingerprint density at radius 3 is 2.70 bits per heavy atom. The maximum atomic E-state index is 13.1. The van der Waals surface area contributed by atoms with Crippen LogP contribution in [0.2, 0.25) is 0 Å². The number of benzene rings is 2. The summed E-state index contributed by atoms with van der Waals surface area (Å²) < 4.78 is 7.20. The van der Waals surface area contributed by atoms with Crippen molar-refractivity contribution in [1.29, 1.82) is 0 Å². The van der Waals surface area contributed by atoms with Gasteiger partial charge in [-0.05, 0) is 30.7 Å². The maximum absolute atomic E-state index is 13.1. The molecule has 1 unspecified atom stereocenters. The Balaban J connectivity index is 2.04. The van der Waals surface area contributed by atoms with Gasteiger partial charge in [0, 0.05) is 17.8 Å². The van der Waals surface area contributed by atoms with Crippen molar-refractivity contribution in [3.63, 3.8) is 0 Å². The number of hydrogen-bond acceptors (Lipinski definition) is 6. The molecule has 2 aromatic carbocycles. The third kappa shape index (κ3) is 3.37. The minimum atomic E-state index is -0.666. The molecule has 0 bridgehead atoms. The molecule has 0 saturated carbocycles. The first-order valence-corrected chi connectivity index (χ1v) is 10.7. The third-order valence-electron chi connectivity index (χ3n) is 4.91. The number of ether oxygens (including phenoxy) is 1. The summed E-state index contributed by atoms with van der Waals surface area (Å²) >= 11 is 1.43. The minimum Gasteiger partial charge on any atom is -0.854 e. The molecule has 0 radical (unpaired) electrons. The van der Waals surface area contributed by atoms with Gasteiger partial charge in [0.2, 0.25) is 5.91 Å². The molecule has 0 saturated heterocycles. The van der Waals surface area contributed by atoms with E-state index in [9.17, 15) is 9.90 Å². The molecule has 4 rings (SSSR count). The van der Waals surface area contributed by atoms with Gasteiger partial charge < -0.3 is 9.84 Å². The minimum absolute atomic E-state index is 0.162. The molecule has 3 aromatic rings. The second-order valence-corrected chi connectivity index (χ2v) is 7.93. The van der Waals surface area contributed by atoms with Gasteiger partial charge >= 0.3 is 0 Å². The smallest absolute Gasteiger partial charge is 0.296 e. The highest BCUT2D eigenvalue weighted by Gasteiger charge is 2.45. The molecule has 0 N–H and O–H groups in total. The van der Waals surface area contributed by atoms with Crippen molar-refractivity contribution in [2.24, 2.45) is 0 Å².